The minimum atomic E-state index is -0.0113. The Morgan fingerprint density at radius 1 is 1.45 bits per heavy atom. The first kappa shape index (κ1) is 10.6. The Labute approximate surface area is 68.6 Å². The van der Waals surface area contributed by atoms with E-state index in [4.69, 9.17) is 17.2 Å². The van der Waals surface area contributed by atoms with Crippen LogP contribution in [0.5, 0.6) is 0 Å². The summed E-state index contributed by atoms with van der Waals surface area (Å²) >= 11 is 0. The summed E-state index contributed by atoms with van der Waals surface area (Å²) < 4.78 is 0. The van der Waals surface area contributed by atoms with E-state index in [-0.39, 0.29) is 12.1 Å². The second-order valence-electron chi connectivity index (χ2n) is 2.90. The van der Waals surface area contributed by atoms with Gasteiger partial charge in [-0.05, 0) is 31.9 Å². The molecule has 3 nitrogen and oxygen atoms in total. The fraction of sp³-hybridized carbons (Fsp3) is 0.750. The van der Waals surface area contributed by atoms with Crippen LogP contribution >= 0.6 is 0 Å². The lowest BCUT2D eigenvalue weighted by Crippen LogP contribution is -2.32. The summed E-state index contributed by atoms with van der Waals surface area (Å²) in [5.41, 5.74) is 17.6. The molecule has 0 aliphatic carbocycles. The smallest absolute Gasteiger partial charge is 0.0266 e. The third kappa shape index (κ3) is 4.14. The molecule has 0 bridgehead atoms. The molecule has 0 aliphatic rings. The normalized spacial score (nSPS) is 16.0. The van der Waals surface area contributed by atoms with E-state index in [9.17, 15) is 0 Å². The first-order valence-corrected chi connectivity index (χ1v) is 3.99. The second-order valence-corrected chi connectivity index (χ2v) is 2.90. The van der Waals surface area contributed by atoms with Crippen molar-refractivity contribution in [3.63, 3.8) is 0 Å². The molecule has 3 heteroatoms. The van der Waals surface area contributed by atoms with E-state index in [1.807, 2.05) is 6.92 Å². The largest absolute Gasteiger partial charge is 0.330 e. The Hall–Kier alpha value is -0.380. The minimum Gasteiger partial charge on any atom is -0.330 e. The van der Waals surface area contributed by atoms with Crippen LogP contribution in [0.1, 0.15) is 19.8 Å². The summed E-state index contributed by atoms with van der Waals surface area (Å²) in [5, 5.41) is 0. The summed E-state index contributed by atoms with van der Waals surface area (Å²) in [6.07, 6.45) is 1.82. The van der Waals surface area contributed by atoms with E-state index in [1.54, 1.807) is 0 Å². The van der Waals surface area contributed by atoms with Crippen LogP contribution in [-0.4, -0.2) is 18.6 Å². The fourth-order valence-electron chi connectivity index (χ4n) is 0.861. The highest BCUT2D eigenvalue weighted by atomic mass is 14.7. The highest BCUT2D eigenvalue weighted by Crippen LogP contribution is 2.06. The number of hydrogen-bond acceptors (Lipinski definition) is 3. The van der Waals surface area contributed by atoms with Gasteiger partial charge in [0.2, 0.25) is 0 Å². The minimum absolute atomic E-state index is 0.0113. The molecule has 66 valence electrons. The van der Waals surface area contributed by atoms with Gasteiger partial charge in [-0.15, -0.1) is 0 Å². The number of hydrogen-bond donors (Lipinski definition) is 3. The topological polar surface area (TPSA) is 78.1 Å². The van der Waals surface area contributed by atoms with Crippen molar-refractivity contribution in [1.29, 1.82) is 0 Å². The van der Waals surface area contributed by atoms with E-state index in [1.165, 1.54) is 0 Å². The van der Waals surface area contributed by atoms with E-state index in [2.05, 4.69) is 6.58 Å². The molecule has 0 rings (SSSR count). The Morgan fingerprint density at radius 3 is 2.36 bits per heavy atom. The zero-order valence-electron chi connectivity index (χ0n) is 7.22. The molecule has 0 fully saturated rings. The van der Waals surface area contributed by atoms with Crippen molar-refractivity contribution >= 4 is 0 Å². The molecule has 0 amide bonds. The van der Waals surface area contributed by atoms with Crippen LogP contribution in [0.15, 0.2) is 12.2 Å². The molecule has 0 heterocycles. The van der Waals surface area contributed by atoms with Crippen LogP contribution in [0.3, 0.4) is 0 Å². The van der Waals surface area contributed by atoms with E-state index < -0.39 is 0 Å². The van der Waals surface area contributed by atoms with Gasteiger partial charge in [0.05, 0.1) is 0 Å². The van der Waals surface area contributed by atoms with Gasteiger partial charge >= 0.3 is 0 Å². The summed E-state index contributed by atoms with van der Waals surface area (Å²) in [6, 6.07) is 0.00123. The van der Waals surface area contributed by atoms with Gasteiger partial charge in [-0.1, -0.05) is 6.58 Å². The standard InChI is InChI=1S/C8H19N3/c1-6(7(2)10)8(11)4-3-5-9/h7-8H,1,3-5,9-11H2,2H3. The van der Waals surface area contributed by atoms with Crippen molar-refractivity contribution in [3.05, 3.63) is 12.2 Å². The molecule has 2 unspecified atom stereocenters. The summed E-state index contributed by atoms with van der Waals surface area (Å²) in [4.78, 5) is 0. The number of nitrogens with two attached hydrogens (primary N) is 3. The van der Waals surface area contributed by atoms with Crippen LogP contribution in [0.4, 0.5) is 0 Å². The molecular formula is C8H19N3. The van der Waals surface area contributed by atoms with Gasteiger partial charge in [0.15, 0.2) is 0 Å². The van der Waals surface area contributed by atoms with Crippen molar-refractivity contribution in [3.8, 4) is 0 Å². The molecule has 0 spiro atoms. The van der Waals surface area contributed by atoms with Crippen LogP contribution in [0.25, 0.3) is 0 Å². The monoisotopic (exact) mass is 157 g/mol. The third-order valence-electron chi connectivity index (χ3n) is 1.78. The fourth-order valence-corrected chi connectivity index (χ4v) is 0.861. The summed E-state index contributed by atoms with van der Waals surface area (Å²) in [6.45, 7) is 6.39. The van der Waals surface area contributed by atoms with Crippen LogP contribution in [0, 0.1) is 0 Å². The van der Waals surface area contributed by atoms with Gasteiger partial charge in [-0.2, -0.15) is 0 Å². The Balaban J connectivity index is 3.64. The zero-order chi connectivity index (χ0) is 8.85. The van der Waals surface area contributed by atoms with Gasteiger partial charge in [-0.25, -0.2) is 0 Å². The van der Waals surface area contributed by atoms with E-state index in [0.717, 1.165) is 18.4 Å². The van der Waals surface area contributed by atoms with E-state index in [0.29, 0.717) is 6.54 Å². The molecule has 0 aliphatic heterocycles. The van der Waals surface area contributed by atoms with Crippen molar-refractivity contribution in [2.75, 3.05) is 6.54 Å². The van der Waals surface area contributed by atoms with Crippen molar-refractivity contribution < 1.29 is 0 Å². The highest BCUT2D eigenvalue weighted by Gasteiger charge is 2.09. The van der Waals surface area contributed by atoms with Crippen molar-refractivity contribution in [1.82, 2.24) is 0 Å². The molecule has 2 atom stereocenters. The van der Waals surface area contributed by atoms with Crippen molar-refractivity contribution in [2.24, 2.45) is 17.2 Å². The highest BCUT2D eigenvalue weighted by molar-refractivity contribution is 5.10. The maximum absolute atomic E-state index is 5.77. The molecule has 6 N–H and O–H groups in total. The first-order chi connectivity index (χ1) is 5.09. The maximum atomic E-state index is 5.77. The average Bonchev–Trinajstić information content (AvgIpc) is 1.98. The molecule has 0 saturated carbocycles. The third-order valence-corrected chi connectivity index (χ3v) is 1.78. The lowest BCUT2D eigenvalue weighted by atomic mass is 9.99. The second kappa shape index (κ2) is 5.29. The Morgan fingerprint density at radius 2 is 2.00 bits per heavy atom. The molecule has 0 aromatic rings. The van der Waals surface area contributed by atoms with Crippen LogP contribution in [0.2, 0.25) is 0 Å². The molecule has 0 aromatic carbocycles. The van der Waals surface area contributed by atoms with Gasteiger partial charge in [0, 0.05) is 12.1 Å². The Kier molecular flexibility index (Phi) is 5.11. The summed E-state index contributed by atoms with van der Waals surface area (Å²) in [5.74, 6) is 0. The molecular weight excluding hydrogens is 138 g/mol. The molecule has 0 saturated heterocycles. The lowest BCUT2D eigenvalue weighted by Gasteiger charge is -2.17. The zero-order valence-corrected chi connectivity index (χ0v) is 7.22. The van der Waals surface area contributed by atoms with Gasteiger partial charge < -0.3 is 17.2 Å². The lowest BCUT2D eigenvalue weighted by molar-refractivity contribution is 0.615. The molecule has 11 heavy (non-hydrogen) atoms. The maximum Gasteiger partial charge on any atom is 0.0266 e. The Bertz CT molecular complexity index is 121. The molecule has 0 aromatic heterocycles. The van der Waals surface area contributed by atoms with E-state index >= 15 is 0 Å². The van der Waals surface area contributed by atoms with Gasteiger partial charge in [-0.3, -0.25) is 0 Å². The van der Waals surface area contributed by atoms with Crippen LogP contribution in [-0.2, 0) is 0 Å². The average molecular weight is 157 g/mol. The SMILES string of the molecule is C=C(C(C)N)C(N)CCCN. The quantitative estimate of drug-likeness (QED) is 0.490. The molecule has 0 radical (unpaired) electrons. The first-order valence-electron chi connectivity index (χ1n) is 3.99. The summed E-state index contributed by atoms with van der Waals surface area (Å²) in [7, 11) is 0. The van der Waals surface area contributed by atoms with Crippen LogP contribution < -0.4 is 17.2 Å². The van der Waals surface area contributed by atoms with Gasteiger partial charge in [0.1, 0.15) is 0 Å². The predicted molar refractivity (Wildman–Crippen MR) is 49.1 cm³/mol. The number of rotatable bonds is 5. The predicted octanol–water partition coefficient (Wildman–Crippen LogP) is -0.0440. The van der Waals surface area contributed by atoms with Gasteiger partial charge in [0.25, 0.3) is 0 Å². The van der Waals surface area contributed by atoms with Crippen molar-refractivity contribution in [2.45, 2.75) is 31.8 Å².